The van der Waals surface area contributed by atoms with Gasteiger partial charge < -0.3 is 5.32 Å². The normalized spacial score (nSPS) is 30.5. The van der Waals surface area contributed by atoms with Gasteiger partial charge in [-0.1, -0.05) is 41.4 Å². The molecule has 1 N–H and O–H groups in total. The summed E-state index contributed by atoms with van der Waals surface area (Å²) in [6, 6.07) is 9.50. The van der Waals surface area contributed by atoms with Gasteiger partial charge in [-0.25, -0.2) is 0 Å². The first-order valence-corrected chi connectivity index (χ1v) is 9.14. The zero-order valence-corrected chi connectivity index (χ0v) is 14.8. The summed E-state index contributed by atoms with van der Waals surface area (Å²) in [6.07, 6.45) is 5.38. The van der Waals surface area contributed by atoms with E-state index in [1.165, 1.54) is 42.3 Å². The Bertz CT molecular complexity index is 469. The van der Waals surface area contributed by atoms with Gasteiger partial charge in [-0.3, -0.25) is 4.90 Å². The Morgan fingerprint density at radius 3 is 2.62 bits per heavy atom. The second-order valence-electron chi connectivity index (χ2n) is 7.00. The minimum Gasteiger partial charge on any atom is -0.311 e. The SMILES string of the molecule is CCCC1CN(Cc2ccc(Br)cc2)C(C)(C2CC2)CN1. The molecule has 1 aliphatic heterocycles. The molecule has 1 aromatic rings. The highest BCUT2D eigenvalue weighted by molar-refractivity contribution is 9.10. The lowest BCUT2D eigenvalue weighted by Gasteiger charge is -2.49. The Labute approximate surface area is 137 Å². The van der Waals surface area contributed by atoms with Gasteiger partial charge >= 0.3 is 0 Å². The van der Waals surface area contributed by atoms with Crippen molar-refractivity contribution in [2.75, 3.05) is 13.1 Å². The van der Waals surface area contributed by atoms with Crippen molar-refractivity contribution < 1.29 is 0 Å². The van der Waals surface area contributed by atoms with E-state index in [1.807, 2.05) is 0 Å². The number of rotatable bonds is 5. The standard InChI is InChI=1S/C18H27BrN2/c1-3-4-17-12-21(11-14-5-9-16(19)10-6-14)18(2,13-20-17)15-7-8-15/h5-6,9-10,15,17,20H,3-4,7-8,11-13H2,1-2H3. The topological polar surface area (TPSA) is 15.3 Å². The van der Waals surface area contributed by atoms with Crippen LogP contribution in [0.3, 0.4) is 0 Å². The first-order chi connectivity index (χ1) is 10.1. The molecular weight excluding hydrogens is 324 g/mol. The molecular formula is C18H27BrN2. The molecule has 0 aromatic heterocycles. The van der Waals surface area contributed by atoms with E-state index in [0.717, 1.165) is 19.0 Å². The van der Waals surface area contributed by atoms with Crippen molar-refractivity contribution in [1.29, 1.82) is 0 Å². The summed E-state index contributed by atoms with van der Waals surface area (Å²) in [5.41, 5.74) is 1.78. The van der Waals surface area contributed by atoms with E-state index in [2.05, 4.69) is 64.3 Å². The van der Waals surface area contributed by atoms with Crippen LogP contribution in [-0.2, 0) is 6.54 Å². The molecule has 0 radical (unpaired) electrons. The number of halogens is 1. The van der Waals surface area contributed by atoms with E-state index in [0.29, 0.717) is 11.6 Å². The van der Waals surface area contributed by atoms with Gasteiger partial charge in [0.05, 0.1) is 0 Å². The van der Waals surface area contributed by atoms with Crippen LogP contribution in [0, 0.1) is 5.92 Å². The summed E-state index contributed by atoms with van der Waals surface area (Å²) in [4.78, 5) is 2.75. The van der Waals surface area contributed by atoms with Gasteiger partial charge in [-0.05, 0) is 49.8 Å². The zero-order valence-electron chi connectivity index (χ0n) is 13.2. The van der Waals surface area contributed by atoms with Gasteiger partial charge in [-0.15, -0.1) is 0 Å². The molecule has 1 saturated carbocycles. The molecule has 0 amide bonds. The minimum atomic E-state index is 0.345. The van der Waals surface area contributed by atoms with E-state index in [4.69, 9.17) is 0 Å². The number of piperazine rings is 1. The first-order valence-electron chi connectivity index (χ1n) is 8.34. The number of hydrogen-bond acceptors (Lipinski definition) is 2. The fraction of sp³-hybridized carbons (Fsp3) is 0.667. The summed E-state index contributed by atoms with van der Waals surface area (Å²) in [5.74, 6) is 0.892. The van der Waals surface area contributed by atoms with Gasteiger partial charge in [-0.2, -0.15) is 0 Å². The number of hydrogen-bond donors (Lipinski definition) is 1. The average Bonchev–Trinajstić information content (AvgIpc) is 3.30. The zero-order chi connectivity index (χ0) is 14.9. The van der Waals surface area contributed by atoms with Crippen molar-refractivity contribution in [1.82, 2.24) is 10.2 Å². The highest BCUT2D eigenvalue weighted by atomic mass is 79.9. The molecule has 3 heteroatoms. The summed E-state index contributed by atoms with van der Waals surface area (Å²) in [7, 11) is 0. The third kappa shape index (κ3) is 3.52. The highest BCUT2D eigenvalue weighted by Crippen LogP contribution is 2.44. The van der Waals surface area contributed by atoms with Crippen molar-refractivity contribution in [3.05, 3.63) is 34.3 Å². The van der Waals surface area contributed by atoms with Crippen LogP contribution in [0.25, 0.3) is 0 Å². The summed E-state index contributed by atoms with van der Waals surface area (Å²) in [5, 5.41) is 3.81. The second kappa shape index (κ2) is 6.39. The number of nitrogens with zero attached hydrogens (tertiary/aromatic N) is 1. The van der Waals surface area contributed by atoms with E-state index >= 15 is 0 Å². The predicted molar refractivity (Wildman–Crippen MR) is 92.4 cm³/mol. The molecule has 1 aromatic carbocycles. The lowest BCUT2D eigenvalue weighted by Crippen LogP contribution is -2.63. The van der Waals surface area contributed by atoms with Gasteiger partial charge in [0.1, 0.15) is 0 Å². The van der Waals surface area contributed by atoms with Crippen LogP contribution in [0.5, 0.6) is 0 Å². The molecule has 2 nitrogen and oxygen atoms in total. The second-order valence-corrected chi connectivity index (χ2v) is 7.92. The molecule has 1 heterocycles. The molecule has 3 rings (SSSR count). The Morgan fingerprint density at radius 2 is 2.00 bits per heavy atom. The monoisotopic (exact) mass is 350 g/mol. The molecule has 116 valence electrons. The fourth-order valence-corrected chi connectivity index (χ4v) is 3.97. The van der Waals surface area contributed by atoms with Crippen molar-refractivity contribution in [2.45, 2.75) is 57.7 Å². The van der Waals surface area contributed by atoms with Gasteiger partial charge in [0, 0.05) is 35.7 Å². The van der Waals surface area contributed by atoms with Crippen LogP contribution in [0.2, 0.25) is 0 Å². The number of benzene rings is 1. The lowest BCUT2D eigenvalue weighted by molar-refractivity contribution is 0.0260. The Morgan fingerprint density at radius 1 is 1.29 bits per heavy atom. The molecule has 2 aliphatic rings. The molecule has 2 unspecified atom stereocenters. The minimum absolute atomic E-state index is 0.345. The smallest absolute Gasteiger partial charge is 0.0338 e. The maximum atomic E-state index is 3.81. The van der Waals surface area contributed by atoms with Crippen LogP contribution in [0.1, 0.15) is 45.1 Å². The third-order valence-corrected chi connectivity index (χ3v) is 5.82. The summed E-state index contributed by atoms with van der Waals surface area (Å²) in [6.45, 7) is 8.19. The molecule has 1 aliphatic carbocycles. The molecule has 0 spiro atoms. The lowest BCUT2D eigenvalue weighted by atomic mass is 9.88. The molecule has 0 bridgehead atoms. The third-order valence-electron chi connectivity index (χ3n) is 5.29. The van der Waals surface area contributed by atoms with Crippen LogP contribution >= 0.6 is 15.9 Å². The van der Waals surface area contributed by atoms with Crippen LogP contribution in [0.15, 0.2) is 28.7 Å². The van der Waals surface area contributed by atoms with E-state index < -0.39 is 0 Å². The quantitative estimate of drug-likeness (QED) is 0.856. The molecule has 2 fully saturated rings. The maximum Gasteiger partial charge on any atom is 0.0338 e. The number of nitrogens with one attached hydrogen (secondary N) is 1. The molecule has 1 saturated heterocycles. The predicted octanol–water partition coefficient (Wildman–Crippen LogP) is 4.19. The van der Waals surface area contributed by atoms with Gasteiger partial charge in [0.25, 0.3) is 0 Å². The van der Waals surface area contributed by atoms with Crippen LogP contribution in [0.4, 0.5) is 0 Å². The summed E-state index contributed by atoms with van der Waals surface area (Å²) >= 11 is 3.53. The van der Waals surface area contributed by atoms with E-state index in [-0.39, 0.29) is 0 Å². The Kier molecular flexibility index (Phi) is 4.72. The summed E-state index contributed by atoms with van der Waals surface area (Å²) < 4.78 is 1.17. The van der Waals surface area contributed by atoms with Crippen molar-refractivity contribution in [2.24, 2.45) is 5.92 Å². The van der Waals surface area contributed by atoms with Gasteiger partial charge in [0.15, 0.2) is 0 Å². The van der Waals surface area contributed by atoms with Crippen molar-refractivity contribution in [3.8, 4) is 0 Å². The van der Waals surface area contributed by atoms with Crippen LogP contribution < -0.4 is 5.32 Å². The van der Waals surface area contributed by atoms with Crippen LogP contribution in [-0.4, -0.2) is 29.6 Å². The Balaban J connectivity index is 1.74. The molecule has 21 heavy (non-hydrogen) atoms. The van der Waals surface area contributed by atoms with Crippen molar-refractivity contribution in [3.63, 3.8) is 0 Å². The largest absolute Gasteiger partial charge is 0.311 e. The highest BCUT2D eigenvalue weighted by Gasteiger charge is 2.47. The fourth-order valence-electron chi connectivity index (χ4n) is 3.71. The van der Waals surface area contributed by atoms with E-state index in [9.17, 15) is 0 Å². The maximum absolute atomic E-state index is 3.81. The van der Waals surface area contributed by atoms with Crippen molar-refractivity contribution >= 4 is 15.9 Å². The van der Waals surface area contributed by atoms with Gasteiger partial charge in [0.2, 0.25) is 0 Å². The Hall–Kier alpha value is -0.380. The molecule has 2 atom stereocenters. The first kappa shape index (κ1) is 15.5. The van der Waals surface area contributed by atoms with E-state index in [1.54, 1.807) is 0 Å². The average molecular weight is 351 g/mol.